The first-order valence-electron chi connectivity index (χ1n) is 9.30. The van der Waals surface area contributed by atoms with Crippen LogP contribution in [0.2, 0.25) is 0 Å². The molecular weight excluding hydrogens is 438 g/mol. The van der Waals surface area contributed by atoms with Gasteiger partial charge in [-0.1, -0.05) is 15.9 Å². The minimum absolute atomic E-state index is 0.242. The Hall–Kier alpha value is -2.12. The summed E-state index contributed by atoms with van der Waals surface area (Å²) in [5, 5.41) is 6.01. The summed E-state index contributed by atoms with van der Waals surface area (Å²) in [6.07, 6.45) is 3.77. The van der Waals surface area contributed by atoms with E-state index in [4.69, 9.17) is 17.0 Å². The fraction of sp³-hybridized carbons (Fsp3) is 0.333. The van der Waals surface area contributed by atoms with Crippen LogP contribution in [0.3, 0.4) is 0 Å². The van der Waals surface area contributed by atoms with E-state index in [9.17, 15) is 4.79 Å². The maximum absolute atomic E-state index is 12.5. The third-order valence-electron chi connectivity index (χ3n) is 4.89. The van der Waals surface area contributed by atoms with E-state index >= 15 is 0 Å². The number of hydrogen-bond acceptors (Lipinski definition) is 4. The standard InChI is InChI=1S/C21H24BrN3O2S/c1-14-5-3-4-12-25(14)17-9-7-16(8-10-17)23-21(28)24-20(26)18-13-15(22)6-11-19(18)27-2/h6-11,13-14H,3-5,12H2,1-2H3,(H2,23,24,26,28)/t14-/m1/s1. The summed E-state index contributed by atoms with van der Waals surface area (Å²) >= 11 is 8.66. The van der Waals surface area contributed by atoms with E-state index in [2.05, 4.69) is 50.5 Å². The molecule has 0 bridgehead atoms. The molecular formula is C21H24BrN3O2S. The van der Waals surface area contributed by atoms with Gasteiger partial charge in [0.05, 0.1) is 12.7 Å². The lowest BCUT2D eigenvalue weighted by atomic mass is 10.0. The number of thiocarbonyl (C=S) groups is 1. The van der Waals surface area contributed by atoms with E-state index in [0.29, 0.717) is 17.4 Å². The molecule has 28 heavy (non-hydrogen) atoms. The fourth-order valence-electron chi connectivity index (χ4n) is 3.41. The molecule has 0 spiro atoms. The molecule has 3 rings (SSSR count). The van der Waals surface area contributed by atoms with Crippen LogP contribution in [0.4, 0.5) is 11.4 Å². The van der Waals surface area contributed by atoms with Gasteiger partial charge in [-0.05, 0) is 80.9 Å². The quantitative estimate of drug-likeness (QED) is 0.629. The summed E-state index contributed by atoms with van der Waals surface area (Å²) < 4.78 is 6.04. The number of anilines is 2. The first kappa shape index (κ1) is 20.6. The topological polar surface area (TPSA) is 53.6 Å². The molecule has 1 atom stereocenters. The number of halogens is 1. The number of methoxy groups -OCH3 is 1. The summed E-state index contributed by atoms with van der Waals surface area (Å²) in [5.74, 6) is 0.165. The highest BCUT2D eigenvalue weighted by Gasteiger charge is 2.18. The Balaban J connectivity index is 1.62. The maximum Gasteiger partial charge on any atom is 0.261 e. The van der Waals surface area contributed by atoms with Crippen LogP contribution in [-0.2, 0) is 0 Å². The van der Waals surface area contributed by atoms with Crippen molar-refractivity contribution in [2.75, 3.05) is 23.9 Å². The van der Waals surface area contributed by atoms with Crippen LogP contribution in [0, 0.1) is 0 Å². The van der Waals surface area contributed by atoms with E-state index in [0.717, 1.165) is 16.7 Å². The Morgan fingerprint density at radius 3 is 2.64 bits per heavy atom. The highest BCUT2D eigenvalue weighted by molar-refractivity contribution is 9.10. The zero-order valence-electron chi connectivity index (χ0n) is 16.0. The Kier molecular flexibility index (Phi) is 6.91. The predicted octanol–water partition coefficient (Wildman–Crippen LogP) is 4.96. The van der Waals surface area contributed by atoms with Crippen molar-refractivity contribution in [3.05, 3.63) is 52.5 Å². The Labute approximate surface area is 179 Å². The van der Waals surface area contributed by atoms with Gasteiger partial charge in [0.2, 0.25) is 0 Å². The largest absolute Gasteiger partial charge is 0.496 e. The van der Waals surface area contributed by atoms with Crippen LogP contribution >= 0.6 is 28.1 Å². The molecule has 7 heteroatoms. The van der Waals surface area contributed by atoms with Gasteiger partial charge in [-0.2, -0.15) is 0 Å². The van der Waals surface area contributed by atoms with E-state index in [1.165, 1.54) is 32.1 Å². The van der Waals surface area contributed by atoms with Crippen LogP contribution in [0.5, 0.6) is 5.75 Å². The molecule has 2 N–H and O–H groups in total. The van der Waals surface area contributed by atoms with Gasteiger partial charge in [0.1, 0.15) is 5.75 Å². The average molecular weight is 462 g/mol. The number of ether oxygens (including phenoxy) is 1. The van der Waals surface area contributed by atoms with Gasteiger partial charge < -0.3 is 15.0 Å². The van der Waals surface area contributed by atoms with Gasteiger partial charge in [-0.25, -0.2) is 0 Å². The van der Waals surface area contributed by atoms with E-state index in [-0.39, 0.29) is 11.0 Å². The molecule has 1 saturated heterocycles. The van der Waals surface area contributed by atoms with E-state index < -0.39 is 0 Å². The number of rotatable bonds is 4. The van der Waals surface area contributed by atoms with Crippen molar-refractivity contribution in [1.29, 1.82) is 0 Å². The molecule has 0 saturated carbocycles. The molecule has 0 radical (unpaired) electrons. The number of nitrogens with zero attached hydrogens (tertiary/aromatic N) is 1. The van der Waals surface area contributed by atoms with Gasteiger partial charge in [-0.15, -0.1) is 0 Å². The molecule has 0 unspecified atom stereocenters. The molecule has 0 aromatic heterocycles. The van der Waals surface area contributed by atoms with Gasteiger partial charge in [-0.3, -0.25) is 10.1 Å². The Morgan fingerprint density at radius 2 is 1.96 bits per heavy atom. The number of nitrogens with one attached hydrogen (secondary N) is 2. The highest BCUT2D eigenvalue weighted by atomic mass is 79.9. The Morgan fingerprint density at radius 1 is 1.21 bits per heavy atom. The van der Waals surface area contributed by atoms with Crippen molar-refractivity contribution in [1.82, 2.24) is 5.32 Å². The van der Waals surface area contributed by atoms with Gasteiger partial charge in [0.25, 0.3) is 5.91 Å². The lowest BCUT2D eigenvalue weighted by Crippen LogP contribution is -2.37. The second-order valence-corrected chi connectivity index (χ2v) is 8.16. The summed E-state index contributed by atoms with van der Waals surface area (Å²) in [5.41, 5.74) is 2.46. The number of hydrogen-bond donors (Lipinski definition) is 2. The van der Waals surface area contributed by atoms with Crippen molar-refractivity contribution < 1.29 is 9.53 Å². The summed E-state index contributed by atoms with van der Waals surface area (Å²) in [7, 11) is 1.53. The van der Waals surface area contributed by atoms with Gasteiger partial charge in [0, 0.05) is 28.4 Å². The summed E-state index contributed by atoms with van der Waals surface area (Å²) in [6, 6.07) is 14.0. The van der Waals surface area contributed by atoms with E-state index in [1.54, 1.807) is 12.1 Å². The SMILES string of the molecule is COc1ccc(Br)cc1C(=O)NC(=S)Nc1ccc(N2CCCC[C@H]2C)cc1. The zero-order chi connectivity index (χ0) is 20.1. The molecule has 1 fully saturated rings. The van der Waals surface area contributed by atoms with E-state index in [1.807, 2.05) is 18.2 Å². The molecule has 1 aliphatic heterocycles. The third-order valence-corrected chi connectivity index (χ3v) is 5.59. The predicted molar refractivity (Wildman–Crippen MR) is 121 cm³/mol. The monoisotopic (exact) mass is 461 g/mol. The number of carbonyl (C=O) groups excluding carboxylic acids is 1. The molecule has 2 aromatic carbocycles. The number of piperidine rings is 1. The van der Waals surface area contributed by atoms with Crippen LogP contribution in [-0.4, -0.2) is 30.7 Å². The molecule has 2 aromatic rings. The first-order chi connectivity index (χ1) is 13.5. The third kappa shape index (κ3) is 5.02. The molecule has 1 aliphatic rings. The van der Waals surface area contributed by atoms with Crippen molar-refractivity contribution >= 4 is 50.5 Å². The van der Waals surface area contributed by atoms with Crippen molar-refractivity contribution in [3.8, 4) is 5.75 Å². The van der Waals surface area contributed by atoms with Crippen LogP contribution < -0.4 is 20.3 Å². The average Bonchev–Trinajstić information content (AvgIpc) is 2.69. The Bertz CT molecular complexity index is 857. The second-order valence-electron chi connectivity index (χ2n) is 6.84. The highest BCUT2D eigenvalue weighted by Crippen LogP contribution is 2.26. The maximum atomic E-state index is 12.5. The second kappa shape index (κ2) is 9.39. The molecule has 1 amide bonds. The zero-order valence-corrected chi connectivity index (χ0v) is 18.4. The number of benzene rings is 2. The van der Waals surface area contributed by atoms with Gasteiger partial charge >= 0.3 is 0 Å². The normalized spacial score (nSPS) is 16.4. The summed E-state index contributed by atoms with van der Waals surface area (Å²) in [6.45, 7) is 3.36. The van der Waals surface area contributed by atoms with Crippen LogP contribution in [0.25, 0.3) is 0 Å². The van der Waals surface area contributed by atoms with Crippen molar-refractivity contribution in [2.24, 2.45) is 0 Å². The smallest absolute Gasteiger partial charge is 0.261 e. The molecule has 0 aliphatic carbocycles. The minimum Gasteiger partial charge on any atom is -0.496 e. The fourth-order valence-corrected chi connectivity index (χ4v) is 3.98. The van der Waals surface area contributed by atoms with Crippen molar-refractivity contribution in [3.63, 3.8) is 0 Å². The number of amides is 1. The lowest BCUT2D eigenvalue weighted by molar-refractivity contribution is 0.0974. The van der Waals surface area contributed by atoms with Gasteiger partial charge in [0.15, 0.2) is 5.11 Å². The molecule has 148 valence electrons. The molecule has 5 nitrogen and oxygen atoms in total. The first-order valence-corrected chi connectivity index (χ1v) is 10.5. The molecule has 1 heterocycles. The van der Waals surface area contributed by atoms with Crippen molar-refractivity contribution in [2.45, 2.75) is 32.2 Å². The van der Waals surface area contributed by atoms with Crippen LogP contribution in [0.15, 0.2) is 46.9 Å². The summed E-state index contributed by atoms with van der Waals surface area (Å²) in [4.78, 5) is 15.0. The number of carbonyl (C=O) groups is 1. The van der Waals surface area contributed by atoms with Crippen LogP contribution in [0.1, 0.15) is 36.5 Å². The minimum atomic E-state index is -0.325. The lowest BCUT2D eigenvalue weighted by Gasteiger charge is -2.35.